The molecule has 1 amide bonds. The van der Waals surface area contributed by atoms with Gasteiger partial charge in [0.15, 0.2) is 5.13 Å². The van der Waals surface area contributed by atoms with Gasteiger partial charge in [0.05, 0.1) is 11.6 Å². The highest BCUT2D eigenvalue weighted by Gasteiger charge is 2.22. The van der Waals surface area contributed by atoms with E-state index >= 15 is 0 Å². The SMILES string of the molecule is Cc1ccc(-c2nc(NC(=O)C3CCCNC3)sc2C)cc1. The van der Waals surface area contributed by atoms with Crippen LogP contribution in [0.15, 0.2) is 24.3 Å². The molecular formula is C17H21N3OS. The molecule has 2 aromatic rings. The normalized spacial score (nSPS) is 18.2. The fourth-order valence-electron chi connectivity index (χ4n) is 2.71. The molecule has 1 aromatic heterocycles. The lowest BCUT2D eigenvalue weighted by Gasteiger charge is -2.21. The molecule has 1 saturated heterocycles. The molecule has 5 heteroatoms. The Morgan fingerprint density at radius 2 is 2.09 bits per heavy atom. The van der Waals surface area contributed by atoms with E-state index in [9.17, 15) is 4.79 Å². The molecule has 0 bridgehead atoms. The van der Waals surface area contributed by atoms with Crippen LogP contribution in [0.3, 0.4) is 0 Å². The highest BCUT2D eigenvalue weighted by Crippen LogP contribution is 2.30. The Morgan fingerprint density at radius 3 is 2.77 bits per heavy atom. The van der Waals surface area contributed by atoms with Gasteiger partial charge in [-0.05, 0) is 33.2 Å². The van der Waals surface area contributed by atoms with Crippen molar-refractivity contribution in [2.45, 2.75) is 26.7 Å². The number of hydrogen-bond donors (Lipinski definition) is 2. The summed E-state index contributed by atoms with van der Waals surface area (Å²) in [4.78, 5) is 18.0. The van der Waals surface area contributed by atoms with Gasteiger partial charge in [0.25, 0.3) is 0 Å². The van der Waals surface area contributed by atoms with Crippen LogP contribution in [0, 0.1) is 19.8 Å². The Labute approximate surface area is 135 Å². The summed E-state index contributed by atoms with van der Waals surface area (Å²) in [6.45, 7) is 5.89. The Hall–Kier alpha value is -1.72. The molecule has 0 saturated carbocycles. The van der Waals surface area contributed by atoms with Gasteiger partial charge in [-0.3, -0.25) is 4.79 Å². The van der Waals surface area contributed by atoms with Gasteiger partial charge < -0.3 is 10.6 Å². The third-order valence-corrected chi connectivity index (χ3v) is 4.91. The first-order chi connectivity index (χ1) is 10.6. The number of aromatic nitrogens is 1. The zero-order chi connectivity index (χ0) is 15.5. The van der Waals surface area contributed by atoms with Crippen LogP contribution < -0.4 is 10.6 Å². The van der Waals surface area contributed by atoms with Crippen molar-refractivity contribution in [2.75, 3.05) is 18.4 Å². The summed E-state index contributed by atoms with van der Waals surface area (Å²) in [5.41, 5.74) is 3.29. The lowest BCUT2D eigenvalue weighted by atomic mass is 9.99. The molecule has 3 rings (SSSR count). The molecule has 0 aliphatic carbocycles. The Kier molecular flexibility index (Phi) is 4.55. The third-order valence-electron chi connectivity index (χ3n) is 4.02. The summed E-state index contributed by atoms with van der Waals surface area (Å²) in [5, 5.41) is 6.95. The molecular weight excluding hydrogens is 294 g/mol. The molecule has 0 radical (unpaired) electrons. The molecule has 22 heavy (non-hydrogen) atoms. The number of amides is 1. The van der Waals surface area contributed by atoms with Crippen molar-refractivity contribution in [1.82, 2.24) is 10.3 Å². The van der Waals surface area contributed by atoms with Crippen LogP contribution in [0.2, 0.25) is 0 Å². The van der Waals surface area contributed by atoms with Crippen LogP contribution >= 0.6 is 11.3 Å². The number of rotatable bonds is 3. The lowest BCUT2D eigenvalue weighted by Crippen LogP contribution is -2.37. The van der Waals surface area contributed by atoms with Gasteiger partial charge >= 0.3 is 0 Å². The zero-order valence-corrected chi connectivity index (χ0v) is 13.8. The van der Waals surface area contributed by atoms with E-state index in [2.05, 4.69) is 46.8 Å². The first kappa shape index (κ1) is 15.2. The monoisotopic (exact) mass is 315 g/mol. The molecule has 4 nitrogen and oxygen atoms in total. The van der Waals surface area contributed by atoms with Crippen LogP contribution in [0.1, 0.15) is 23.3 Å². The number of aryl methyl sites for hydroxylation is 2. The Morgan fingerprint density at radius 1 is 1.32 bits per heavy atom. The second-order valence-electron chi connectivity index (χ2n) is 5.82. The van der Waals surface area contributed by atoms with Crippen LogP contribution in [0.5, 0.6) is 0 Å². The number of piperidine rings is 1. The van der Waals surface area contributed by atoms with Gasteiger partial charge in [0.1, 0.15) is 0 Å². The van der Waals surface area contributed by atoms with Crippen molar-refractivity contribution in [3.05, 3.63) is 34.7 Å². The van der Waals surface area contributed by atoms with Gasteiger partial charge in [-0.25, -0.2) is 4.98 Å². The largest absolute Gasteiger partial charge is 0.316 e. The van der Waals surface area contributed by atoms with Gasteiger partial charge in [-0.1, -0.05) is 29.8 Å². The number of hydrogen-bond acceptors (Lipinski definition) is 4. The van der Waals surface area contributed by atoms with Crippen LogP contribution in [-0.2, 0) is 4.79 Å². The Balaban J connectivity index is 1.74. The summed E-state index contributed by atoms with van der Waals surface area (Å²) < 4.78 is 0. The molecule has 2 heterocycles. The van der Waals surface area contributed by atoms with Crippen LogP contribution in [0.25, 0.3) is 11.3 Å². The van der Waals surface area contributed by atoms with Crippen LogP contribution in [0.4, 0.5) is 5.13 Å². The average molecular weight is 315 g/mol. The molecule has 0 spiro atoms. The summed E-state index contributed by atoms with van der Waals surface area (Å²) in [5.74, 6) is 0.136. The topological polar surface area (TPSA) is 54.0 Å². The number of nitrogens with one attached hydrogen (secondary N) is 2. The van der Waals surface area contributed by atoms with E-state index in [0.717, 1.165) is 42.1 Å². The number of anilines is 1. The maximum Gasteiger partial charge on any atom is 0.230 e. The minimum absolute atomic E-state index is 0.0563. The summed E-state index contributed by atoms with van der Waals surface area (Å²) in [7, 11) is 0. The Bertz CT molecular complexity index is 657. The minimum atomic E-state index is 0.0563. The van der Waals surface area contributed by atoms with Gasteiger partial charge in [-0.2, -0.15) is 0 Å². The predicted molar refractivity (Wildman–Crippen MR) is 91.2 cm³/mol. The smallest absolute Gasteiger partial charge is 0.230 e. The van der Waals surface area contributed by atoms with E-state index in [1.165, 1.54) is 5.56 Å². The van der Waals surface area contributed by atoms with Gasteiger partial charge in [0.2, 0.25) is 5.91 Å². The minimum Gasteiger partial charge on any atom is -0.316 e. The van der Waals surface area contributed by atoms with Crippen molar-refractivity contribution in [3.8, 4) is 11.3 Å². The molecule has 1 atom stereocenters. The number of carbonyl (C=O) groups excluding carboxylic acids is 1. The predicted octanol–water partition coefficient (Wildman–Crippen LogP) is 3.37. The van der Waals surface area contributed by atoms with Crippen molar-refractivity contribution < 1.29 is 4.79 Å². The summed E-state index contributed by atoms with van der Waals surface area (Å²) in [6, 6.07) is 8.32. The molecule has 1 aliphatic heterocycles. The number of benzene rings is 1. The van der Waals surface area contributed by atoms with Crippen molar-refractivity contribution >= 4 is 22.4 Å². The maximum atomic E-state index is 12.3. The quantitative estimate of drug-likeness (QED) is 0.913. The summed E-state index contributed by atoms with van der Waals surface area (Å²) in [6.07, 6.45) is 2.01. The maximum absolute atomic E-state index is 12.3. The molecule has 1 aromatic carbocycles. The zero-order valence-electron chi connectivity index (χ0n) is 13.0. The number of thiazole rings is 1. The van der Waals surface area contributed by atoms with Crippen molar-refractivity contribution in [1.29, 1.82) is 0 Å². The van der Waals surface area contributed by atoms with E-state index in [-0.39, 0.29) is 11.8 Å². The first-order valence-electron chi connectivity index (χ1n) is 7.69. The van der Waals surface area contributed by atoms with E-state index < -0.39 is 0 Å². The first-order valence-corrected chi connectivity index (χ1v) is 8.51. The molecule has 116 valence electrons. The fourth-order valence-corrected chi connectivity index (χ4v) is 3.55. The van der Waals surface area contributed by atoms with Gasteiger partial charge in [0, 0.05) is 17.0 Å². The molecule has 1 unspecified atom stereocenters. The third kappa shape index (κ3) is 3.36. The molecule has 2 N–H and O–H groups in total. The van der Waals surface area contributed by atoms with E-state index in [1.54, 1.807) is 11.3 Å². The van der Waals surface area contributed by atoms with Crippen molar-refractivity contribution in [3.63, 3.8) is 0 Å². The highest BCUT2D eigenvalue weighted by molar-refractivity contribution is 7.16. The fraction of sp³-hybridized carbons (Fsp3) is 0.412. The van der Waals surface area contributed by atoms with E-state index in [1.807, 2.05) is 6.92 Å². The van der Waals surface area contributed by atoms with E-state index in [4.69, 9.17) is 0 Å². The standard InChI is InChI=1S/C17H21N3OS/c1-11-5-7-13(8-6-11)15-12(2)22-17(19-15)20-16(21)14-4-3-9-18-10-14/h5-8,14,18H,3-4,9-10H2,1-2H3,(H,19,20,21). The number of nitrogens with zero attached hydrogens (tertiary/aromatic N) is 1. The second kappa shape index (κ2) is 6.58. The number of carbonyl (C=O) groups is 1. The van der Waals surface area contributed by atoms with Gasteiger partial charge in [-0.15, -0.1) is 11.3 Å². The second-order valence-corrected chi connectivity index (χ2v) is 7.03. The van der Waals surface area contributed by atoms with E-state index in [0.29, 0.717) is 5.13 Å². The van der Waals surface area contributed by atoms with Crippen molar-refractivity contribution in [2.24, 2.45) is 5.92 Å². The summed E-state index contributed by atoms with van der Waals surface area (Å²) >= 11 is 1.54. The molecule has 1 aliphatic rings. The lowest BCUT2D eigenvalue weighted by molar-refractivity contribution is -0.120. The molecule has 1 fully saturated rings. The highest BCUT2D eigenvalue weighted by atomic mass is 32.1. The average Bonchev–Trinajstić information content (AvgIpc) is 2.89. The van der Waals surface area contributed by atoms with Crippen LogP contribution in [-0.4, -0.2) is 24.0 Å².